The Labute approximate surface area is 177 Å². The fourth-order valence-electron chi connectivity index (χ4n) is 3.98. The van der Waals surface area contributed by atoms with Crippen molar-refractivity contribution in [3.63, 3.8) is 0 Å². The van der Waals surface area contributed by atoms with Crippen molar-refractivity contribution in [1.29, 1.82) is 0 Å². The van der Waals surface area contributed by atoms with Gasteiger partial charge in [-0.25, -0.2) is 7.83 Å². The maximum absolute atomic E-state index is 7.06. The summed E-state index contributed by atoms with van der Waals surface area (Å²) in [5, 5.41) is 1.37. The number of benzene rings is 2. The maximum atomic E-state index is 7.06. The topological polar surface area (TPSA) is 9.23 Å². The van der Waals surface area contributed by atoms with Gasteiger partial charge in [-0.2, -0.15) is 0 Å². The van der Waals surface area contributed by atoms with Gasteiger partial charge in [-0.1, -0.05) is 121 Å². The van der Waals surface area contributed by atoms with E-state index in [1.165, 1.54) is 22.1 Å². The van der Waals surface area contributed by atoms with Crippen LogP contribution in [0.5, 0.6) is 0 Å². The molecule has 0 heterocycles. The van der Waals surface area contributed by atoms with Crippen LogP contribution in [-0.4, -0.2) is 31.3 Å². The van der Waals surface area contributed by atoms with E-state index in [-0.39, 0.29) is 0 Å². The average Bonchev–Trinajstić information content (AvgIpc) is 2.53. The summed E-state index contributed by atoms with van der Waals surface area (Å²) in [7, 11) is -5.35. The number of hydrogen-bond acceptors (Lipinski definition) is 1. The molecule has 5 heteroatoms. The van der Waals surface area contributed by atoms with Gasteiger partial charge in [-0.05, 0) is 36.3 Å². The van der Waals surface area contributed by atoms with E-state index in [1.807, 2.05) is 0 Å². The minimum atomic E-state index is -1.76. The van der Waals surface area contributed by atoms with Crippen molar-refractivity contribution in [2.75, 3.05) is 0 Å². The summed E-state index contributed by atoms with van der Waals surface area (Å²) in [5.41, 5.74) is 3.93. The van der Waals surface area contributed by atoms with Crippen LogP contribution in [0.4, 0.5) is 0 Å². The molecule has 0 radical (unpaired) electrons. The van der Waals surface area contributed by atoms with Gasteiger partial charge < -0.3 is 4.43 Å². The van der Waals surface area contributed by atoms with Crippen LogP contribution in [0.15, 0.2) is 66.0 Å². The van der Waals surface area contributed by atoms with Crippen molar-refractivity contribution in [2.24, 2.45) is 0 Å². The van der Waals surface area contributed by atoms with Crippen LogP contribution in [0.1, 0.15) is 11.1 Å². The van der Waals surface area contributed by atoms with Crippen LogP contribution in [0.2, 0.25) is 58.9 Å². The van der Waals surface area contributed by atoms with Gasteiger partial charge in [0.15, 0.2) is 0 Å². The second kappa shape index (κ2) is 8.69. The largest absolute Gasteiger partial charge is 0.579 e. The van der Waals surface area contributed by atoms with Gasteiger partial charge in [0.1, 0.15) is 0 Å². The predicted molar refractivity (Wildman–Crippen MR) is 136 cm³/mol. The van der Waals surface area contributed by atoms with Gasteiger partial charge in [-0.3, -0.25) is 0 Å². The van der Waals surface area contributed by atoms with Crippen molar-refractivity contribution in [3.8, 4) is 0 Å². The lowest BCUT2D eigenvalue weighted by Gasteiger charge is -2.55. The highest BCUT2D eigenvalue weighted by Crippen LogP contribution is 2.35. The van der Waals surface area contributed by atoms with Crippen molar-refractivity contribution >= 4 is 36.9 Å². The molecule has 2 rings (SSSR count). The molecule has 1 nitrogen and oxygen atoms in total. The molecule has 2 aromatic carbocycles. The first-order valence-electron chi connectivity index (χ1n) is 10.2. The molecule has 0 aliphatic rings. The molecule has 2 aromatic rings. The minimum Gasteiger partial charge on any atom is -0.579 e. The van der Waals surface area contributed by atoms with Gasteiger partial charge >= 0.3 is 0 Å². The van der Waals surface area contributed by atoms with E-state index in [9.17, 15) is 0 Å². The normalized spacial score (nSPS) is 12.5. The summed E-state index contributed by atoms with van der Waals surface area (Å²) in [4.78, 5) is 0. The van der Waals surface area contributed by atoms with Crippen LogP contribution in [-0.2, 0) is 4.43 Å². The Kier molecular flexibility index (Phi) is 7.18. The Morgan fingerprint density at radius 2 is 0.964 bits per heavy atom. The zero-order chi connectivity index (χ0) is 21.2. The van der Waals surface area contributed by atoms with Crippen LogP contribution in [0, 0.1) is 0 Å². The molecular formula is C23H37OSi4-. The summed E-state index contributed by atoms with van der Waals surface area (Å²) >= 11 is 0. The Morgan fingerprint density at radius 3 is 1.25 bits per heavy atom. The molecule has 0 bridgehead atoms. The monoisotopic (exact) mass is 441 g/mol. The summed E-state index contributed by atoms with van der Waals surface area (Å²) in [6.07, 6.45) is 0. The quantitative estimate of drug-likeness (QED) is 0.327. The van der Waals surface area contributed by atoms with Gasteiger partial charge in [0.25, 0.3) is 0 Å². The lowest BCUT2D eigenvalue weighted by atomic mass is 9.99. The highest BCUT2D eigenvalue weighted by Gasteiger charge is 2.31. The molecule has 0 aliphatic heterocycles. The third kappa shape index (κ3) is 6.17. The van der Waals surface area contributed by atoms with E-state index in [0.29, 0.717) is 0 Å². The zero-order valence-electron chi connectivity index (χ0n) is 19.2. The van der Waals surface area contributed by atoms with E-state index >= 15 is 0 Å². The van der Waals surface area contributed by atoms with Crippen molar-refractivity contribution in [1.82, 2.24) is 0 Å². The van der Waals surface area contributed by atoms with Crippen molar-refractivity contribution < 1.29 is 4.43 Å². The first-order chi connectivity index (χ1) is 12.8. The molecular weight excluding hydrogens is 405 g/mol. The van der Waals surface area contributed by atoms with E-state index in [4.69, 9.17) is 4.43 Å². The lowest BCUT2D eigenvalue weighted by molar-refractivity contribution is 0.460. The molecule has 0 aliphatic carbocycles. The highest BCUT2D eigenvalue weighted by molar-refractivity contribution is 7.62. The van der Waals surface area contributed by atoms with E-state index in [0.717, 1.165) is 0 Å². The molecule has 0 aromatic heterocycles. The van der Waals surface area contributed by atoms with Gasteiger partial charge in [0.05, 0.1) is 0 Å². The fourth-order valence-corrected chi connectivity index (χ4v) is 42.9. The number of hydrogen-bond donors (Lipinski definition) is 0. The Hall–Kier alpha value is -1.15. The molecule has 0 unspecified atom stereocenters. The molecule has 0 atom stereocenters. The predicted octanol–water partition coefficient (Wildman–Crippen LogP) is 7.16. The third-order valence-electron chi connectivity index (χ3n) is 4.49. The van der Waals surface area contributed by atoms with Crippen molar-refractivity contribution in [2.45, 2.75) is 58.9 Å². The molecule has 0 fully saturated rings. The Balaban J connectivity index is 2.92. The highest BCUT2D eigenvalue weighted by atomic mass is 29.6. The van der Waals surface area contributed by atoms with Crippen molar-refractivity contribution in [3.05, 3.63) is 77.2 Å². The van der Waals surface area contributed by atoms with Gasteiger partial charge in [0.2, 0.25) is 8.32 Å². The summed E-state index contributed by atoms with van der Waals surface area (Å²) in [6.45, 7) is 22.3. The van der Waals surface area contributed by atoms with Crippen LogP contribution >= 0.6 is 0 Å². The van der Waals surface area contributed by atoms with E-state index in [2.05, 4.69) is 120 Å². The van der Waals surface area contributed by atoms with E-state index in [1.54, 1.807) is 0 Å². The molecule has 0 saturated heterocycles. The summed E-state index contributed by atoms with van der Waals surface area (Å²) in [6, 6.07) is 21.8. The fraction of sp³-hybridized carbons (Fsp3) is 0.391. The average molecular weight is 442 g/mol. The molecule has 28 heavy (non-hydrogen) atoms. The summed E-state index contributed by atoms with van der Waals surface area (Å²) in [5.74, 6) is 0. The van der Waals surface area contributed by atoms with Gasteiger partial charge in [0, 0.05) is 0 Å². The zero-order valence-corrected chi connectivity index (χ0v) is 23.2. The van der Waals surface area contributed by atoms with Crippen LogP contribution in [0.3, 0.4) is 0 Å². The number of rotatable bonds is 7. The SMILES string of the molecule is C[Si](C)(C)OC(=C(c1ccccc1)c1ccccc1)[Si-]([Si](C)(C)C)[Si](C)(C)C. The Morgan fingerprint density at radius 1 is 0.607 bits per heavy atom. The second-order valence-electron chi connectivity index (χ2n) is 10.5. The first-order valence-corrected chi connectivity index (χ1v) is 24.1. The molecule has 0 N–H and O–H groups in total. The first kappa shape index (κ1) is 23.1. The van der Waals surface area contributed by atoms with Crippen LogP contribution < -0.4 is 0 Å². The molecule has 0 spiro atoms. The third-order valence-corrected chi connectivity index (χ3v) is 33.2. The second-order valence-corrected chi connectivity index (χ2v) is 38.7. The Bertz CT molecular complexity index is 739. The van der Waals surface area contributed by atoms with Gasteiger partial charge in [-0.15, -0.1) is 0 Å². The molecule has 152 valence electrons. The smallest absolute Gasteiger partial charge is 0.236 e. The minimum absolute atomic E-state index is 0.770. The van der Waals surface area contributed by atoms with E-state index < -0.39 is 31.3 Å². The maximum Gasteiger partial charge on any atom is 0.236 e. The summed E-state index contributed by atoms with van der Waals surface area (Å²) < 4.78 is 7.06. The standard InChI is InChI=1S/C23H37OSi4/c1-26(2,3)24-23(25(27(4,5)6)28(7,8)9)22(20-16-12-10-13-17-20)21-18-14-11-15-19-21/h10-19H,1-9H3/q-1. The molecule has 0 amide bonds. The molecule has 0 saturated carbocycles. The van der Waals surface area contributed by atoms with Crippen LogP contribution in [0.25, 0.3) is 5.57 Å². The lowest BCUT2D eigenvalue weighted by Crippen LogP contribution is -2.61.